The molecule has 0 aromatic carbocycles. The van der Waals surface area contributed by atoms with E-state index < -0.39 is 0 Å². The molecule has 0 saturated heterocycles. The van der Waals surface area contributed by atoms with Crippen molar-refractivity contribution in [3.8, 4) is 0 Å². The standard InChI is InChI=1S/C14H21N3OS2/c1-8(12-6-10-3-4-11(12)5-10)16-13(18)9(2)20-14-17-15-7-19-14/h7-12H,3-6H2,1-2H3,(H,16,18)/t8-,9+,10+,11+,12+/m1/s1. The molecule has 110 valence electrons. The van der Waals surface area contributed by atoms with Crippen LogP contribution in [0.3, 0.4) is 0 Å². The highest BCUT2D eigenvalue weighted by Crippen LogP contribution is 2.49. The Morgan fingerprint density at radius 3 is 2.90 bits per heavy atom. The summed E-state index contributed by atoms with van der Waals surface area (Å²) in [6.07, 6.45) is 5.47. The molecule has 0 unspecified atom stereocenters. The highest BCUT2D eigenvalue weighted by atomic mass is 32.2. The molecule has 0 radical (unpaired) electrons. The monoisotopic (exact) mass is 311 g/mol. The molecule has 2 fully saturated rings. The Morgan fingerprint density at radius 2 is 2.30 bits per heavy atom. The fraction of sp³-hybridized carbons (Fsp3) is 0.786. The van der Waals surface area contributed by atoms with Crippen LogP contribution in [0.5, 0.6) is 0 Å². The number of rotatable bonds is 5. The SMILES string of the molecule is C[C@H](Sc1nncs1)C(=O)N[C@H](C)[C@@H]1C[C@H]2CC[C@H]1C2. The van der Waals surface area contributed by atoms with E-state index in [1.54, 1.807) is 5.51 Å². The predicted molar refractivity (Wildman–Crippen MR) is 81.8 cm³/mol. The van der Waals surface area contributed by atoms with E-state index in [2.05, 4.69) is 22.4 Å². The van der Waals surface area contributed by atoms with Gasteiger partial charge < -0.3 is 5.32 Å². The van der Waals surface area contributed by atoms with Crippen LogP contribution in [-0.2, 0) is 4.79 Å². The minimum Gasteiger partial charge on any atom is -0.352 e. The van der Waals surface area contributed by atoms with E-state index >= 15 is 0 Å². The Balaban J connectivity index is 1.50. The Hall–Kier alpha value is -0.620. The van der Waals surface area contributed by atoms with Crippen molar-refractivity contribution in [3.63, 3.8) is 0 Å². The third-order valence-corrected chi connectivity index (χ3v) is 6.70. The van der Waals surface area contributed by atoms with Crippen LogP contribution in [0.15, 0.2) is 9.85 Å². The summed E-state index contributed by atoms with van der Waals surface area (Å²) in [4.78, 5) is 12.3. The van der Waals surface area contributed by atoms with Gasteiger partial charge in [-0.15, -0.1) is 10.2 Å². The molecule has 1 aromatic heterocycles. The maximum atomic E-state index is 12.3. The lowest BCUT2D eigenvalue weighted by atomic mass is 9.84. The first-order valence-electron chi connectivity index (χ1n) is 7.36. The van der Waals surface area contributed by atoms with Gasteiger partial charge in [-0.3, -0.25) is 4.79 Å². The van der Waals surface area contributed by atoms with Crippen molar-refractivity contribution in [3.05, 3.63) is 5.51 Å². The van der Waals surface area contributed by atoms with E-state index in [-0.39, 0.29) is 11.2 Å². The van der Waals surface area contributed by atoms with Crippen LogP contribution < -0.4 is 5.32 Å². The maximum absolute atomic E-state index is 12.3. The first kappa shape index (κ1) is 14.3. The molecule has 0 aliphatic heterocycles. The second kappa shape index (κ2) is 6.02. The fourth-order valence-electron chi connectivity index (χ4n) is 3.77. The second-order valence-electron chi connectivity index (χ2n) is 6.10. The first-order valence-corrected chi connectivity index (χ1v) is 9.12. The van der Waals surface area contributed by atoms with Gasteiger partial charge >= 0.3 is 0 Å². The number of fused-ring (bicyclic) bond motifs is 2. The highest BCUT2D eigenvalue weighted by molar-refractivity contribution is 8.02. The van der Waals surface area contributed by atoms with Crippen LogP contribution >= 0.6 is 23.1 Å². The molecule has 6 heteroatoms. The Labute approximate surface area is 128 Å². The zero-order chi connectivity index (χ0) is 14.1. The largest absolute Gasteiger partial charge is 0.352 e. The summed E-state index contributed by atoms with van der Waals surface area (Å²) in [6.45, 7) is 4.11. The summed E-state index contributed by atoms with van der Waals surface area (Å²) in [5, 5.41) is 10.9. The summed E-state index contributed by atoms with van der Waals surface area (Å²) in [7, 11) is 0. The number of nitrogens with one attached hydrogen (secondary N) is 1. The molecule has 2 aliphatic carbocycles. The van der Waals surface area contributed by atoms with Crippen LogP contribution in [0.2, 0.25) is 0 Å². The molecule has 2 aliphatic rings. The summed E-state index contributed by atoms with van der Waals surface area (Å²) in [6, 6.07) is 0.301. The van der Waals surface area contributed by atoms with Gasteiger partial charge in [0.05, 0.1) is 5.25 Å². The van der Waals surface area contributed by atoms with Crippen molar-refractivity contribution < 1.29 is 4.79 Å². The number of carbonyl (C=O) groups excluding carboxylic acids is 1. The van der Waals surface area contributed by atoms with Gasteiger partial charge in [0.25, 0.3) is 0 Å². The molecule has 20 heavy (non-hydrogen) atoms. The maximum Gasteiger partial charge on any atom is 0.233 e. The molecule has 3 rings (SSSR count). The summed E-state index contributed by atoms with van der Waals surface area (Å²) in [5.74, 6) is 2.59. The van der Waals surface area contributed by atoms with Crippen LogP contribution in [-0.4, -0.2) is 27.4 Å². The smallest absolute Gasteiger partial charge is 0.233 e. The number of nitrogens with zero attached hydrogens (tertiary/aromatic N) is 2. The Morgan fingerprint density at radius 1 is 1.45 bits per heavy atom. The second-order valence-corrected chi connectivity index (χ2v) is 8.52. The number of carbonyl (C=O) groups is 1. The van der Waals surface area contributed by atoms with Crippen LogP contribution in [0.1, 0.15) is 39.5 Å². The molecule has 0 spiro atoms. The average molecular weight is 311 g/mol. The number of hydrogen-bond donors (Lipinski definition) is 1. The molecule has 5 atom stereocenters. The summed E-state index contributed by atoms with van der Waals surface area (Å²) < 4.78 is 0.861. The van der Waals surface area contributed by atoms with Crippen molar-refractivity contribution in [1.82, 2.24) is 15.5 Å². The minimum absolute atomic E-state index is 0.107. The summed E-state index contributed by atoms with van der Waals surface area (Å²) >= 11 is 2.97. The van der Waals surface area contributed by atoms with E-state index in [4.69, 9.17) is 0 Å². The highest BCUT2D eigenvalue weighted by Gasteiger charge is 2.42. The first-order chi connectivity index (χ1) is 9.63. The predicted octanol–water partition coefficient (Wildman–Crippen LogP) is 2.96. The molecule has 1 amide bonds. The Kier molecular flexibility index (Phi) is 4.31. The van der Waals surface area contributed by atoms with Gasteiger partial charge in [-0.1, -0.05) is 29.5 Å². The van der Waals surface area contributed by atoms with E-state index in [0.29, 0.717) is 12.0 Å². The number of amides is 1. The van der Waals surface area contributed by atoms with Gasteiger partial charge in [-0.2, -0.15) is 0 Å². The fourth-order valence-corrected chi connectivity index (χ4v) is 5.41. The van der Waals surface area contributed by atoms with Crippen molar-refractivity contribution in [1.29, 1.82) is 0 Å². The van der Waals surface area contributed by atoms with Gasteiger partial charge in [0.2, 0.25) is 5.91 Å². The van der Waals surface area contributed by atoms with E-state index in [0.717, 1.165) is 16.2 Å². The topological polar surface area (TPSA) is 54.9 Å². The molecular formula is C14H21N3OS2. The third-order valence-electron chi connectivity index (χ3n) is 4.79. The minimum atomic E-state index is -0.107. The quantitative estimate of drug-likeness (QED) is 0.850. The van der Waals surface area contributed by atoms with Gasteiger partial charge in [0.15, 0.2) is 4.34 Å². The third kappa shape index (κ3) is 3.01. The average Bonchev–Trinajstić information content (AvgIpc) is 3.15. The molecule has 4 nitrogen and oxygen atoms in total. The van der Waals surface area contributed by atoms with Gasteiger partial charge in [0.1, 0.15) is 5.51 Å². The summed E-state index contributed by atoms with van der Waals surface area (Å²) in [5.41, 5.74) is 1.70. The Bertz CT molecular complexity index is 465. The zero-order valence-corrected chi connectivity index (χ0v) is 13.5. The lowest BCUT2D eigenvalue weighted by Crippen LogP contribution is -2.43. The van der Waals surface area contributed by atoms with Gasteiger partial charge in [-0.25, -0.2) is 0 Å². The van der Waals surface area contributed by atoms with E-state index in [9.17, 15) is 4.79 Å². The van der Waals surface area contributed by atoms with Crippen LogP contribution in [0.4, 0.5) is 0 Å². The number of hydrogen-bond acceptors (Lipinski definition) is 5. The van der Waals surface area contributed by atoms with Crippen molar-refractivity contribution >= 4 is 29.0 Å². The van der Waals surface area contributed by atoms with Crippen molar-refractivity contribution in [2.75, 3.05) is 0 Å². The molecule has 1 heterocycles. The van der Waals surface area contributed by atoms with Gasteiger partial charge in [0, 0.05) is 6.04 Å². The molecule has 2 bridgehead atoms. The molecular weight excluding hydrogens is 290 g/mol. The number of thioether (sulfide) groups is 1. The lowest BCUT2D eigenvalue weighted by molar-refractivity contribution is -0.121. The molecule has 1 N–H and O–H groups in total. The molecule has 2 saturated carbocycles. The van der Waals surface area contributed by atoms with E-state index in [1.807, 2.05) is 6.92 Å². The van der Waals surface area contributed by atoms with Crippen molar-refractivity contribution in [2.45, 2.75) is 55.2 Å². The number of aromatic nitrogens is 2. The van der Waals surface area contributed by atoms with Crippen molar-refractivity contribution in [2.24, 2.45) is 17.8 Å². The lowest BCUT2D eigenvalue weighted by Gasteiger charge is -2.29. The normalized spacial score (nSPS) is 31.2. The van der Waals surface area contributed by atoms with Gasteiger partial charge in [-0.05, 0) is 50.9 Å². The zero-order valence-electron chi connectivity index (χ0n) is 11.9. The molecule has 1 aromatic rings. The van der Waals surface area contributed by atoms with Crippen LogP contribution in [0, 0.1) is 17.8 Å². The van der Waals surface area contributed by atoms with E-state index in [1.165, 1.54) is 48.8 Å². The van der Waals surface area contributed by atoms with Crippen LogP contribution in [0.25, 0.3) is 0 Å².